The number of amides is 1. The number of benzene rings is 1. The van der Waals surface area contributed by atoms with E-state index in [1.165, 1.54) is 11.5 Å². The van der Waals surface area contributed by atoms with Gasteiger partial charge in [0.2, 0.25) is 5.13 Å². The number of nitrogens with one attached hydrogen (secondary N) is 2. The molecule has 0 spiro atoms. The maximum absolute atomic E-state index is 12.5. The Morgan fingerprint density at radius 3 is 2.95 bits per heavy atom. The highest BCUT2D eigenvalue weighted by molar-refractivity contribution is 7.09. The normalized spacial score (nSPS) is 14.0. The maximum Gasteiger partial charge on any atom is 0.258 e. The van der Waals surface area contributed by atoms with Crippen LogP contribution in [-0.2, 0) is 0 Å². The third kappa shape index (κ3) is 2.50. The summed E-state index contributed by atoms with van der Waals surface area (Å²) in [5.74, 6) is 1.80. The standard InChI is InChI=1S/C15H13N5OS/c21-14(19-15-18-12(20-22-15)9-5-6-9)11-4-2-1-3-10(11)13-16-7-8-17-13/h1-4,7-9H,5-6H2,(H,16,17)(H,18,19,20,21). The fraction of sp³-hybridized carbons (Fsp3) is 0.200. The number of carbonyl (C=O) groups excluding carboxylic acids is 1. The molecule has 0 unspecified atom stereocenters. The van der Waals surface area contributed by atoms with Gasteiger partial charge < -0.3 is 4.98 Å². The highest BCUT2D eigenvalue weighted by atomic mass is 32.1. The summed E-state index contributed by atoms with van der Waals surface area (Å²) in [6.07, 6.45) is 5.68. The minimum Gasteiger partial charge on any atom is -0.345 e. The second kappa shape index (κ2) is 5.34. The van der Waals surface area contributed by atoms with Gasteiger partial charge in [0, 0.05) is 35.4 Å². The molecular formula is C15H13N5OS. The van der Waals surface area contributed by atoms with Gasteiger partial charge in [-0.3, -0.25) is 10.1 Å². The lowest BCUT2D eigenvalue weighted by Crippen LogP contribution is -2.13. The Hall–Kier alpha value is -2.54. The van der Waals surface area contributed by atoms with Crippen molar-refractivity contribution in [1.29, 1.82) is 0 Å². The molecule has 1 saturated carbocycles. The van der Waals surface area contributed by atoms with Gasteiger partial charge in [0.15, 0.2) is 0 Å². The summed E-state index contributed by atoms with van der Waals surface area (Å²) in [6, 6.07) is 7.35. The zero-order chi connectivity index (χ0) is 14.9. The Labute approximate surface area is 130 Å². The largest absolute Gasteiger partial charge is 0.345 e. The molecule has 4 rings (SSSR count). The quantitative estimate of drug-likeness (QED) is 0.775. The number of aromatic amines is 1. The van der Waals surface area contributed by atoms with Crippen molar-refractivity contribution in [2.24, 2.45) is 0 Å². The molecule has 0 radical (unpaired) electrons. The average molecular weight is 311 g/mol. The number of H-pyrrole nitrogens is 1. The molecule has 3 aromatic rings. The molecule has 2 heterocycles. The lowest BCUT2D eigenvalue weighted by molar-refractivity contribution is 0.102. The van der Waals surface area contributed by atoms with Gasteiger partial charge in [-0.15, -0.1) is 0 Å². The van der Waals surface area contributed by atoms with Crippen LogP contribution in [-0.4, -0.2) is 25.2 Å². The number of anilines is 1. The SMILES string of the molecule is O=C(Nc1nc(C2CC2)ns1)c1ccccc1-c1ncc[nH]1. The van der Waals surface area contributed by atoms with E-state index in [9.17, 15) is 4.79 Å². The van der Waals surface area contributed by atoms with Crippen molar-refractivity contribution >= 4 is 22.6 Å². The summed E-state index contributed by atoms with van der Waals surface area (Å²) in [5.41, 5.74) is 1.32. The van der Waals surface area contributed by atoms with E-state index < -0.39 is 0 Å². The van der Waals surface area contributed by atoms with Crippen molar-refractivity contribution < 1.29 is 4.79 Å². The van der Waals surface area contributed by atoms with Gasteiger partial charge in [-0.25, -0.2) is 9.97 Å². The van der Waals surface area contributed by atoms with Crippen LogP contribution in [0.5, 0.6) is 0 Å². The van der Waals surface area contributed by atoms with Gasteiger partial charge in [-0.05, 0) is 18.9 Å². The minimum atomic E-state index is -0.203. The molecule has 0 atom stereocenters. The van der Waals surface area contributed by atoms with Gasteiger partial charge >= 0.3 is 0 Å². The number of imidazole rings is 1. The first-order valence-electron chi connectivity index (χ1n) is 7.05. The minimum absolute atomic E-state index is 0.203. The summed E-state index contributed by atoms with van der Waals surface area (Å²) < 4.78 is 4.29. The number of hydrogen-bond donors (Lipinski definition) is 2. The summed E-state index contributed by atoms with van der Waals surface area (Å²) >= 11 is 1.23. The molecule has 22 heavy (non-hydrogen) atoms. The van der Waals surface area contributed by atoms with Crippen molar-refractivity contribution in [3.8, 4) is 11.4 Å². The molecule has 110 valence electrons. The number of carbonyl (C=O) groups is 1. The van der Waals surface area contributed by atoms with Crippen molar-refractivity contribution in [1.82, 2.24) is 19.3 Å². The predicted octanol–water partition coefficient (Wildman–Crippen LogP) is 3.06. The van der Waals surface area contributed by atoms with Crippen LogP contribution in [0.15, 0.2) is 36.7 Å². The van der Waals surface area contributed by atoms with Crippen molar-refractivity contribution in [2.75, 3.05) is 5.32 Å². The summed E-state index contributed by atoms with van der Waals surface area (Å²) in [7, 11) is 0. The van der Waals surface area contributed by atoms with Crippen molar-refractivity contribution in [3.05, 3.63) is 48.0 Å². The van der Waals surface area contributed by atoms with E-state index in [0.29, 0.717) is 22.4 Å². The second-order valence-corrected chi connectivity index (χ2v) is 5.92. The first kappa shape index (κ1) is 13.1. The molecule has 2 aromatic heterocycles. The highest BCUT2D eigenvalue weighted by Gasteiger charge is 2.28. The average Bonchev–Trinajstić information content (AvgIpc) is 3.06. The number of rotatable bonds is 4. The first-order valence-corrected chi connectivity index (χ1v) is 7.82. The zero-order valence-electron chi connectivity index (χ0n) is 11.6. The van der Waals surface area contributed by atoms with Gasteiger partial charge in [-0.2, -0.15) is 4.37 Å². The van der Waals surface area contributed by atoms with E-state index in [0.717, 1.165) is 24.2 Å². The van der Waals surface area contributed by atoms with Crippen molar-refractivity contribution in [3.63, 3.8) is 0 Å². The van der Waals surface area contributed by atoms with E-state index in [2.05, 4.69) is 24.6 Å². The Morgan fingerprint density at radius 2 is 2.18 bits per heavy atom. The Balaban J connectivity index is 1.59. The third-order valence-corrected chi connectivity index (χ3v) is 4.17. The maximum atomic E-state index is 12.5. The smallest absolute Gasteiger partial charge is 0.258 e. The highest BCUT2D eigenvalue weighted by Crippen LogP contribution is 2.39. The summed E-state index contributed by atoms with van der Waals surface area (Å²) in [4.78, 5) is 24.1. The topological polar surface area (TPSA) is 83.6 Å². The lowest BCUT2D eigenvalue weighted by atomic mass is 10.1. The van der Waals surface area contributed by atoms with E-state index in [4.69, 9.17) is 0 Å². The molecule has 0 saturated heterocycles. The molecule has 1 aromatic carbocycles. The van der Waals surface area contributed by atoms with Crippen LogP contribution in [0.2, 0.25) is 0 Å². The Morgan fingerprint density at radius 1 is 1.32 bits per heavy atom. The van der Waals surface area contributed by atoms with E-state index >= 15 is 0 Å². The number of aromatic nitrogens is 4. The molecular weight excluding hydrogens is 298 g/mol. The molecule has 2 N–H and O–H groups in total. The Kier molecular flexibility index (Phi) is 3.19. The van der Waals surface area contributed by atoms with Crippen LogP contribution in [0.25, 0.3) is 11.4 Å². The summed E-state index contributed by atoms with van der Waals surface area (Å²) in [6.45, 7) is 0. The van der Waals surface area contributed by atoms with E-state index in [1.54, 1.807) is 18.5 Å². The molecule has 1 amide bonds. The fourth-order valence-electron chi connectivity index (χ4n) is 2.26. The zero-order valence-corrected chi connectivity index (χ0v) is 12.4. The van der Waals surface area contributed by atoms with Crippen LogP contribution < -0.4 is 5.32 Å². The number of nitrogens with zero attached hydrogens (tertiary/aromatic N) is 3. The molecule has 1 aliphatic carbocycles. The molecule has 7 heteroatoms. The molecule has 0 aliphatic heterocycles. The van der Waals surface area contributed by atoms with Crippen LogP contribution in [0.4, 0.5) is 5.13 Å². The second-order valence-electron chi connectivity index (χ2n) is 5.17. The molecule has 0 bridgehead atoms. The summed E-state index contributed by atoms with van der Waals surface area (Å²) in [5, 5.41) is 3.37. The fourth-order valence-corrected chi connectivity index (χ4v) is 2.90. The number of hydrogen-bond acceptors (Lipinski definition) is 5. The Bertz CT molecular complexity index is 807. The monoisotopic (exact) mass is 311 g/mol. The third-order valence-electron chi connectivity index (χ3n) is 3.53. The van der Waals surface area contributed by atoms with Gasteiger partial charge in [0.25, 0.3) is 5.91 Å². The van der Waals surface area contributed by atoms with Crippen LogP contribution in [0, 0.1) is 0 Å². The first-order chi connectivity index (χ1) is 10.8. The van der Waals surface area contributed by atoms with E-state index in [-0.39, 0.29) is 5.91 Å². The van der Waals surface area contributed by atoms with Gasteiger partial charge in [0.1, 0.15) is 11.6 Å². The van der Waals surface area contributed by atoms with Gasteiger partial charge in [0.05, 0.1) is 5.56 Å². The van der Waals surface area contributed by atoms with Crippen LogP contribution >= 0.6 is 11.5 Å². The predicted molar refractivity (Wildman–Crippen MR) is 83.9 cm³/mol. The lowest BCUT2D eigenvalue weighted by Gasteiger charge is -2.06. The van der Waals surface area contributed by atoms with Crippen molar-refractivity contribution in [2.45, 2.75) is 18.8 Å². The van der Waals surface area contributed by atoms with E-state index in [1.807, 2.05) is 18.2 Å². The van der Waals surface area contributed by atoms with Gasteiger partial charge in [-0.1, -0.05) is 18.2 Å². The molecule has 6 nitrogen and oxygen atoms in total. The van der Waals surface area contributed by atoms with Crippen LogP contribution in [0.1, 0.15) is 34.9 Å². The molecule has 1 aliphatic rings. The molecule has 1 fully saturated rings. The van der Waals surface area contributed by atoms with Crippen LogP contribution in [0.3, 0.4) is 0 Å².